The van der Waals surface area contributed by atoms with Gasteiger partial charge >= 0.3 is 11.9 Å². The molecule has 0 unspecified atom stereocenters. The highest BCUT2D eigenvalue weighted by Gasteiger charge is 2.14. The average Bonchev–Trinajstić information content (AvgIpc) is 3.04. The third-order valence-electron chi connectivity index (χ3n) is 3.39. The van der Waals surface area contributed by atoms with Crippen LogP contribution in [0.15, 0.2) is 46.9 Å². The maximum atomic E-state index is 11.7. The normalized spacial score (nSPS) is 10.5. The van der Waals surface area contributed by atoms with Crippen LogP contribution in [0.5, 0.6) is 0 Å². The number of nitrogens with one attached hydrogen (secondary N) is 1. The number of ether oxygens (including phenoxy) is 2. The Morgan fingerprint density at radius 2 is 1.92 bits per heavy atom. The van der Waals surface area contributed by atoms with Gasteiger partial charge < -0.3 is 19.2 Å². The van der Waals surface area contributed by atoms with Crippen LogP contribution in [0.2, 0.25) is 0 Å². The first-order valence-electron chi connectivity index (χ1n) is 7.84. The van der Waals surface area contributed by atoms with Crippen LogP contribution in [-0.4, -0.2) is 31.5 Å². The Morgan fingerprint density at radius 1 is 1.19 bits per heavy atom. The molecule has 0 fully saturated rings. The van der Waals surface area contributed by atoms with Gasteiger partial charge in [-0.2, -0.15) is 0 Å². The number of methoxy groups -OCH3 is 1. The maximum Gasteiger partial charge on any atom is 0.341 e. The Morgan fingerprint density at radius 3 is 2.62 bits per heavy atom. The number of carbonyl (C=O) groups excluding carboxylic acids is 3. The van der Waals surface area contributed by atoms with E-state index in [1.165, 1.54) is 25.3 Å². The van der Waals surface area contributed by atoms with Gasteiger partial charge in [0.2, 0.25) is 5.91 Å². The molecule has 0 saturated heterocycles. The number of esters is 2. The van der Waals surface area contributed by atoms with Gasteiger partial charge in [0.1, 0.15) is 30.2 Å². The highest BCUT2D eigenvalue weighted by molar-refractivity contribution is 5.94. The number of benzene rings is 1. The molecule has 0 spiro atoms. The molecular formula is C19H19NO6. The largest absolute Gasteiger partial charge is 0.465 e. The molecule has 0 saturated carbocycles. The zero-order valence-electron chi connectivity index (χ0n) is 14.5. The third kappa shape index (κ3) is 5.62. The topological polar surface area (TPSA) is 94.8 Å². The predicted molar refractivity (Wildman–Crippen MR) is 93.1 cm³/mol. The van der Waals surface area contributed by atoms with Crippen molar-refractivity contribution >= 4 is 23.9 Å². The SMILES string of the molecule is COC(=O)c1cc(/C=C/C(=O)NCC(=O)OCc2ccccc2)oc1C. The lowest BCUT2D eigenvalue weighted by Gasteiger charge is -2.05. The molecule has 1 aromatic heterocycles. The molecule has 1 aromatic carbocycles. The quantitative estimate of drug-likeness (QED) is 0.603. The Balaban J connectivity index is 1.78. The molecule has 7 heteroatoms. The smallest absolute Gasteiger partial charge is 0.341 e. The average molecular weight is 357 g/mol. The van der Waals surface area contributed by atoms with Crippen LogP contribution in [-0.2, 0) is 25.7 Å². The van der Waals surface area contributed by atoms with Crippen molar-refractivity contribution in [3.8, 4) is 0 Å². The van der Waals surface area contributed by atoms with E-state index >= 15 is 0 Å². The lowest BCUT2D eigenvalue weighted by Crippen LogP contribution is -2.29. The summed E-state index contributed by atoms with van der Waals surface area (Å²) >= 11 is 0. The second kappa shape index (κ2) is 9.22. The van der Waals surface area contributed by atoms with Crippen LogP contribution in [0.25, 0.3) is 6.08 Å². The number of rotatable bonds is 7. The van der Waals surface area contributed by atoms with E-state index in [2.05, 4.69) is 10.1 Å². The third-order valence-corrected chi connectivity index (χ3v) is 3.39. The van der Waals surface area contributed by atoms with E-state index in [0.717, 1.165) is 5.56 Å². The van der Waals surface area contributed by atoms with Crippen molar-refractivity contribution in [2.45, 2.75) is 13.5 Å². The molecule has 136 valence electrons. The standard InChI is InChI=1S/C19H19NO6/c1-13-16(19(23)24-2)10-15(26-13)8-9-17(21)20-11-18(22)25-12-14-6-4-3-5-7-14/h3-10H,11-12H2,1-2H3,(H,20,21)/b9-8+. The minimum absolute atomic E-state index is 0.146. The van der Waals surface area contributed by atoms with Gasteiger partial charge in [0, 0.05) is 6.08 Å². The zero-order chi connectivity index (χ0) is 18.9. The lowest BCUT2D eigenvalue weighted by molar-refractivity contribution is -0.144. The fourth-order valence-electron chi connectivity index (χ4n) is 2.06. The summed E-state index contributed by atoms with van der Waals surface area (Å²) in [7, 11) is 1.27. The van der Waals surface area contributed by atoms with Crippen molar-refractivity contribution < 1.29 is 28.3 Å². The van der Waals surface area contributed by atoms with Gasteiger partial charge in [-0.1, -0.05) is 30.3 Å². The highest BCUT2D eigenvalue weighted by atomic mass is 16.5. The molecule has 1 amide bonds. The van der Waals surface area contributed by atoms with Crippen molar-refractivity contribution in [1.29, 1.82) is 0 Å². The lowest BCUT2D eigenvalue weighted by atomic mass is 10.2. The second-order valence-electron chi connectivity index (χ2n) is 5.31. The molecule has 0 radical (unpaired) electrons. The summed E-state index contributed by atoms with van der Waals surface area (Å²) in [5, 5.41) is 2.41. The van der Waals surface area contributed by atoms with Crippen LogP contribution in [0.3, 0.4) is 0 Å². The molecule has 1 N–H and O–H groups in total. The van der Waals surface area contributed by atoms with Gasteiger partial charge in [0.15, 0.2) is 0 Å². The molecule has 7 nitrogen and oxygen atoms in total. The van der Waals surface area contributed by atoms with E-state index < -0.39 is 17.8 Å². The van der Waals surface area contributed by atoms with Crippen LogP contribution < -0.4 is 5.32 Å². The molecule has 2 aromatic rings. The highest BCUT2D eigenvalue weighted by Crippen LogP contribution is 2.16. The van der Waals surface area contributed by atoms with Crippen LogP contribution >= 0.6 is 0 Å². The minimum atomic E-state index is -0.544. The maximum absolute atomic E-state index is 11.7. The molecule has 26 heavy (non-hydrogen) atoms. The number of carbonyl (C=O) groups is 3. The molecule has 0 aliphatic rings. The van der Waals surface area contributed by atoms with Crippen LogP contribution in [0.1, 0.15) is 27.4 Å². The Hall–Kier alpha value is -3.35. The first kappa shape index (κ1) is 19.0. The zero-order valence-corrected chi connectivity index (χ0v) is 14.5. The number of hydrogen-bond acceptors (Lipinski definition) is 6. The summed E-state index contributed by atoms with van der Waals surface area (Å²) in [5.74, 6) is -0.838. The Labute approximate surface area is 150 Å². The summed E-state index contributed by atoms with van der Waals surface area (Å²) in [4.78, 5) is 34.8. The van der Waals surface area contributed by atoms with Crippen LogP contribution in [0.4, 0.5) is 0 Å². The van der Waals surface area contributed by atoms with Gasteiger partial charge in [-0.25, -0.2) is 4.79 Å². The second-order valence-corrected chi connectivity index (χ2v) is 5.31. The summed E-state index contributed by atoms with van der Waals surface area (Å²) in [6.07, 6.45) is 2.59. The number of hydrogen-bond donors (Lipinski definition) is 1. The van der Waals surface area contributed by atoms with Crippen molar-refractivity contribution in [3.63, 3.8) is 0 Å². The van der Waals surface area contributed by atoms with Crippen molar-refractivity contribution in [3.05, 3.63) is 65.1 Å². The monoisotopic (exact) mass is 357 g/mol. The van der Waals surface area contributed by atoms with Crippen molar-refractivity contribution in [2.24, 2.45) is 0 Å². The fourth-order valence-corrected chi connectivity index (χ4v) is 2.06. The molecular weight excluding hydrogens is 338 g/mol. The van der Waals surface area contributed by atoms with E-state index in [-0.39, 0.29) is 18.7 Å². The van der Waals surface area contributed by atoms with Crippen molar-refractivity contribution in [2.75, 3.05) is 13.7 Å². The van der Waals surface area contributed by atoms with E-state index in [0.29, 0.717) is 11.5 Å². The Kier molecular flexibility index (Phi) is 6.73. The molecule has 0 aliphatic heterocycles. The van der Waals surface area contributed by atoms with Gasteiger partial charge in [-0.3, -0.25) is 9.59 Å². The molecule has 2 rings (SSSR count). The Bertz CT molecular complexity index is 807. The number of furan rings is 1. The molecule has 0 bridgehead atoms. The summed E-state index contributed by atoms with van der Waals surface area (Å²) in [5.41, 5.74) is 1.15. The first-order valence-corrected chi connectivity index (χ1v) is 7.84. The predicted octanol–water partition coefficient (Wildman–Crippen LogP) is 2.25. The van der Waals surface area contributed by atoms with Gasteiger partial charge in [0.05, 0.1) is 7.11 Å². The summed E-state index contributed by atoms with van der Waals surface area (Å²) in [6, 6.07) is 10.7. The van der Waals surface area contributed by atoms with E-state index in [9.17, 15) is 14.4 Å². The number of amides is 1. The molecule has 0 aliphatic carbocycles. The van der Waals surface area contributed by atoms with Gasteiger partial charge in [0.25, 0.3) is 0 Å². The molecule has 0 atom stereocenters. The minimum Gasteiger partial charge on any atom is -0.465 e. The van der Waals surface area contributed by atoms with E-state index in [1.807, 2.05) is 30.3 Å². The van der Waals surface area contributed by atoms with Crippen molar-refractivity contribution in [1.82, 2.24) is 5.32 Å². The summed E-state index contributed by atoms with van der Waals surface area (Å²) in [6.45, 7) is 1.51. The van der Waals surface area contributed by atoms with E-state index in [1.54, 1.807) is 6.92 Å². The van der Waals surface area contributed by atoms with Gasteiger partial charge in [-0.05, 0) is 24.6 Å². The number of aryl methyl sites for hydroxylation is 1. The van der Waals surface area contributed by atoms with Gasteiger partial charge in [-0.15, -0.1) is 0 Å². The van der Waals surface area contributed by atoms with E-state index in [4.69, 9.17) is 9.15 Å². The first-order chi connectivity index (χ1) is 12.5. The fraction of sp³-hybridized carbons (Fsp3) is 0.211. The summed E-state index contributed by atoms with van der Waals surface area (Å²) < 4.78 is 15.0. The molecule has 1 heterocycles. The van der Waals surface area contributed by atoms with Crippen LogP contribution in [0, 0.1) is 6.92 Å².